The highest BCUT2D eigenvalue weighted by molar-refractivity contribution is 9.10. The molecule has 1 aliphatic carbocycles. The minimum Gasteiger partial charge on any atom is -0.306 e. The maximum Gasteiger partial charge on any atom is 0.269 e. The van der Waals surface area contributed by atoms with Gasteiger partial charge in [0.15, 0.2) is 5.82 Å². The van der Waals surface area contributed by atoms with E-state index in [2.05, 4.69) is 65.2 Å². The van der Waals surface area contributed by atoms with Crippen molar-refractivity contribution in [3.63, 3.8) is 0 Å². The first kappa shape index (κ1) is 28.0. The lowest BCUT2D eigenvalue weighted by molar-refractivity contribution is 0.0943. The number of benzene rings is 1. The number of anilines is 1. The molecule has 1 aromatic carbocycles. The van der Waals surface area contributed by atoms with E-state index < -0.39 is 0 Å². The van der Waals surface area contributed by atoms with Crippen molar-refractivity contribution in [1.82, 2.24) is 30.1 Å². The standard InChI is InChI=1S/C29H39BrN8O/c1-35-12-10-23(11-13-35)21-37-16-14-36(15-17-37)20-22-6-8-24(9-7-22)29(39)34-38(25-4-2-3-5-25)28-26(30)19-32-27(18-31)33-28/h6-9,19,23,25H,2-5,10-17,20-21H2,1H3,(H,34,39). The number of nitrogens with zero attached hydrogens (tertiary/aromatic N) is 7. The van der Waals surface area contributed by atoms with Gasteiger partial charge in [0.25, 0.3) is 5.91 Å². The lowest BCUT2D eigenvalue weighted by Gasteiger charge is -2.38. The molecule has 0 atom stereocenters. The summed E-state index contributed by atoms with van der Waals surface area (Å²) in [6, 6.07) is 10.1. The number of hydrogen-bond acceptors (Lipinski definition) is 8. The Bertz CT molecular complexity index is 1150. The van der Waals surface area contributed by atoms with E-state index in [0.29, 0.717) is 15.9 Å². The highest BCUT2D eigenvalue weighted by Crippen LogP contribution is 2.30. The number of carbonyl (C=O) groups excluding carboxylic acids is 1. The smallest absolute Gasteiger partial charge is 0.269 e. The van der Waals surface area contributed by atoms with E-state index in [0.717, 1.165) is 64.3 Å². The molecule has 2 aromatic rings. The molecule has 3 heterocycles. The lowest BCUT2D eigenvalue weighted by Crippen LogP contribution is -2.48. The third-order valence-electron chi connectivity index (χ3n) is 8.41. The summed E-state index contributed by atoms with van der Waals surface area (Å²) in [5, 5.41) is 11.1. The minimum absolute atomic E-state index is 0.0810. The highest BCUT2D eigenvalue weighted by Gasteiger charge is 2.28. The van der Waals surface area contributed by atoms with Crippen molar-refractivity contribution < 1.29 is 4.79 Å². The maximum atomic E-state index is 13.3. The molecule has 1 saturated carbocycles. The molecule has 1 amide bonds. The van der Waals surface area contributed by atoms with E-state index >= 15 is 0 Å². The Hall–Kier alpha value is -2.58. The second kappa shape index (κ2) is 13.2. The SMILES string of the molecule is CN1CCC(CN2CCN(Cc3ccc(C(=O)NN(c4nc(C#N)ncc4Br)C4CCCC4)cc3)CC2)CC1. The number of carbonyl (C=O) groups is 1. The van der Waals surface area contributed by atoms with Gasteiger partial charge < -0.3 is 9.80 Å². The summed E-state index contributed by atoms with van der Waals surface area (Å²) in [5.41, 5.74) is 4.90. The van der Waals surface area contributed by atoms with Gasteiger partial charge in [0, 0.05) is 51.0 Å². The van der Waals surface area contributed by atoms with Gasteiger partial charge >= 0.3 is 0 Å². The van der Waals surface area contributed by atoms with Crippen molar-refractivity contribution in [3.8, 4) is 6.07 Å². The zero-order valence-corrected chi connectivity index (χ0v) is 24.4. The predicted octanol–water partition coefficient (Wildman–Crippen LogP) is 3.66. The zero-order valence-electron chi connectivity index (χ0n) is 22.9. The number of piperidine rings is 1. The Kier molecular flexibility index (Phi) is 9.45. The van der Waals surface area contributed by atoms with Gasteiger partial charge in [0.2, 0.25) is 5.82 Å². The Morgan fingerprint density at radius 1 is 1.05 bits per heavy atom. The average Bonchev–Trinajstić information content (AvgIpc) is 3.50. The van der Waals surface area contributed by atoms with E-state index in [1.807, 2.05) is 23.2 Å². The van der Waals surface area contributed by atoms with Gasteiger partial charge in [-0.05, 0) is 85.4 Å². The summed E-state index contributed by atoms with van der Waals surface area (Å²) in [4.78, 5) is 29.3. The highest BCUT2D eigenvalue weighted by atomic mass is 79.9. The fraction of sp³-hybridized carbons (Fsp3) is 0.586. The molecule has 0 spiro atoms. The first-order chi connectivity index (χ1) is 19.0. The number of hydrogen-bond donors (Lipinski definition) is 1. The van der Waals surface area contributed by atoms with Gasteiger partial charge in [-0.3, -0.25) is 20.1 Å². The summed E-state index contributed by atoms with van der Waals surface area (Å²) in [7, 11) is 2.23. The zero-order chi connectivity index (χ0) is 27.2. The molecule has 39 heavy (non-hydrogen) atoms. The van der Waals surface area contributed by atoms with Crippen LogP contribution in [0.15, 0.2) is 34.9 Å². The number of rotatable bonds is 8. The topological polar surface area (TPSA) is 91.6 Å². The number of aromatic nitrogens is 2. The van der Waals surface area contributed by atoms with Crippen molar-refractivity contribution in [2.24, 2.45) is 5.92 Å². The van der Waals surface area contributed by atoms with Gasteiger partial charge in [-0.15, -0.1) is 0 Å². The van der Waals surface area contributed by atoms with Crippen LogP contribution in [0.25, 0.3) is 0 Å². The fourth-order valence-corrected chi connectivity index (χ4v) is 6.38. The number of hydrazine groups is 1. The van der Waals surface area contributed by atoms with Crippen LogP contribution in [-0.4, -0.2) is 89.5 Å². The molecule has 2 aliphatic heterocycles. The first-order valence-corrected chi connectivity index (χ1v) is 15.0. The molecule has 3 aliphatic rings. The van der Waals surface area contributed by atoms with E-state index in [4.69, 9.17) is 0 Å². The normalized spacial score (nSPS) is 20.1. The van der Waals surface area contributed by atoms with Crippen LogP contribution in [0.3, 0.4) is 0 Å². The van der Waals surface area contributed by atoms with Crippen molar-refractivity contribution in [1.29, 1.82) is 5.26 Å². The van der Waals surface area contributed by atoms with Crippen LogP contribution < -0.4 is 10.4 Å². The molecule has 1 N–H and O–H groups in total. The monoisotopic (exact) mass is 594 g/mol. The number of nitriles is 1. The largest absolute Gasteiger partial charge is 0.306 e. The summed E-state index contributed by atoms with van der Waals surface area (Å²) in [6.07, 6.45) is 8.35. The molecule has 10 heteroatoms. The molecule has 0 radical (unpaired) electrons. The first-order valence-electron chi connectivity index (χ1n) is 14.2. The third-order valence-corrected chi connectivity index (χ3v) is 8.97. The van der Waals surface area contributed by atoms with Crippen molar-refractivity contribution in [2.75, 3.05) is 57.9 Å². The summed E-state index contributed by atoms with van der Waals surface area (Å²) in [5.74, 6) is 1.27. The van der Waals surface area contributed by atoms with Crippen molar-refractivity contribution >= 4 is 27.7 Å². The fourth-order valence-electron chi connectivity index (χ4n) is 5.99. The van der Waals surface area contributed by atoms with E-state index in [1.165, 1.54) is 38.0 Å². The van der Waals surface area contributed by atoms with Crippen molar-refractivity contribution in [2.45, 2.75) is 51.1 Å². The second-order valence-electron chi connectivity index (χ2n) is 11.2. The van der Waals surface area contributed by atoms with Crippen LogP contribution in [0, 0.1) is 17.2 Å². The van der Waals surface area contributed by atoms with Crippen LogP contribution in [0.2, 0.25) is 0 Å². The van der Waals surface area contributed by atoms with Crippen LogP contribution in [0.5, 0.6) is 0 Å². The van der Waals surface area contributed by atoms with Crippen LogP contribution >= 0.6 is 15.9 Å². The minimum atomic E-state index is -0.181. The summed E-state index contributed by atoms with van der Waals surface area (Å²) >= 11 is 3.50. The lowest BCUT2D eigenvalue weighted by atomic mass is 9.96. The summed E-state index contributed by atoms with van der Waals surface area (Å²) in [6.45, 7) is 9.06. The molecular formula is C29H39BrN8O. The molecular weight excluding hydrogens is 556 g/mol. The molecule has 0 unspecified atom stereocenters. The van der Waals surface area contributed by atoms with Crippen molar-refractivity contribution in [3.05, 3.63) is 51.9 Å². The molecule has 9 nitrogen and oxygen atoms in total. The number of halogens is 1. The van der Waals surface area contributed by atoms with Gasteiger partial charge in [-0.2, -0.15) is 10.2 Å². The van der Waals surface area contributed by atoms with E-state index in [9.17, 15) is 10.1 Å². The number of nitrogens with one attached hydrogen (secondary N) is 1. The molecule has 0 bridgehead atoms. The molecule has 5 rings (SSSR count). The van der Waals surface area contributed by atoms with Crippen LogP contribution in [0.4, 0.5) is 5.82 Å². The van der Waals surface area contributed by atoms with Crippen LogP contribution in [0.1, 0.15) is 60.3 Å². The van der Waals surface area contributed by atoms with Gasteiger partial charge in [0.1, 0.15) is 6.07 Å². The van der Waals surface area contributed by atoms with E-state index in [-0.39, 0.29) is 17.8 Å². The molecule has 208 valence electrons. The number of amides is 1. The average molecular weight is 596 g/mol. The van der Waals surface area contributed by atoms with Gasteiger partial charge in [-0.1, -0.05) is 25.0 Å². The van der Waals surface area contributed by atoms with E-state index in [1.54, 1.807) is 6.20 Å². The van der Waals surface area contributed by atoms with Gasteiger partial charge in [-0.25, -0.2) is 4.98 Å². The number of likely N-dealkylation sites (tertiary alicyclic amines) is 1. The quantitative estimate of drug-likeness (QED) is 0.463. The Labute approximate surface area is 240 Å². The summed E-state index contributed by atoms with van der Waals surface area (Å²) < 4.78 is 0.649. The Morgan fingerprint density at radius 2 is 1.72 bits per heavy atom. The van der Waals surface area contributed by atoms with Gasteiger partial charge in [0.05, 0.1) is 10.5 Å². The second-order valence-corrected chi connectivity index (χ2v) is 12.1. The maximum absolute atomic E-state index is 13.3. The molecule has 2 saturated heterocycles. The molecule has 1 aromatic heterocycles. The molecule has 3 fully saturated rings. The Morgan fingerprint density at radius 3 is 2.38 bits per heavy atom. The Balaban J connectivity index is 1.15. The van der Waals surface area contributed by atoms with Crippen LogP contribution in [-0.2, 0) is 6.54 Å². The third kappa shape index (κ3) is 7.34. The predicted molar refractivity (Wildman–Crippen MR) is 155 cm³/mol. The number of piperazine rings is 1.